The molecule has 2 nitrogen and oxygen atoms in total. The number of benzene rings is 11. The summed E-state index contributed by atoms with van der Waals surface area (Å²) in [5.74, 6) is 0. The van der Waals surface area contributed by atoms with Gasteiger partial charge in [0.2, 0.25) is 0 Å². The van der Waals surface area contributed by atoms with E-state index >= 15 is 0 Å². The second-order valence-electron chi connectivity index (χ2n) is 16.9. The molecular weight excluding hydrogens is 797 g/mol. The normalized spacial score (nSPS) is 11.3. The predicted molar refractivity (Wildman–Crippen MR) is 280 cm³/mol. The molecule has 2 heteroatoms. The molecule has 0 amide bonds. The molecule has 12 rings (SSSR count). The van der Waals surface area contributed by atoms with Gasteiger partial charge in [0.25, 0.3) is 0 Å². The molecule has 0 fully saturated rings. The number of para-hydroxylation sites is 2. The van der Waals surface area contributed by atoms with Gasteiger partial charge < -0.3 is 9.47 Å². The van der Waals surface area contributed by atoms with Crippen LogP contribution >= 0.6 is 0 Å². The van der Waals surface area contributed by atoms with Crippen LogP contribution in [0.4, 0.5) is 17.1 Å². The second kappa shape index (κ2) is 16.8. The maximum atomic E-state index is 2.44. The lowest BCUT2D eigenvalue weighted by molar-refractivity contribution is 1.18. The Morgan fingerprint density at radius 2 is 0.742 bits per heavy atom. The van der Waals surface area contributed by atoms with Crippen LogP contribution in [-0.2, 0) is 0 Å². The molecule has 66 heavy (non-hydrogen) atoms. The summed E-state index contributed by atoms with van der Waals surface area (Å²) in [6.07, 6.45) is 0. The predicted octanol–water partition coefficient (Wildman–Crippen LogP) is 17.7. The Balaban J connectivity index is 1.02. The van der Waals surface area contributed by atoms with Crippen LogP contribution in [0.3, 0.4) is 0 Å². The first kappa shape index (κ1) is 38.9. The molecule has 0 saturated carbocycles. The summed E-state index contributed by atoms with van der Waals surface area (Å²) < 4.78 is 2.39. The summed E-state index contributed by atoms with van der Waals surface area (Å²) >= 11 is 0. The van der Waals surface area contributed by atoms with E-state index in [-0.39, 0.29) is 0 Å². The van der Waals surface area contributed by atoms with E-state index in [1.807, 2.05) is 0 Å². The molecule has 0 saturated heterocycles. The van der Waals surface area contributed by atoms with Crippen LogP contribution in [-0.4, -0.2) is 4.57 Å². The first-order valence-electron chi connectivity index (χ1n) is 22.7. The van der Waals surface area contributed by atoms with Crippen LogP contribution in [0.15, 0.2) is 267 Å². The van der Waals surface area contributed by atoms with Gasteiger partial charge in [-0.25, -0.2) is 0 Å². The molecule has 0 aliphatic heterocycles. The third kappa shape index (κ3) is 7.02. The van der Waals surface area contributed by atoms with E-state index < -0.39 is 0 Å². The van der Waals surface area contributed by atoms with Gasteiger partial charge in [-0.1, -0.05) is 206 Å². The first-order chi connectivity index (χ1) is 32.7. The van der Waals surface area contributed by atoms with Crippen molar-refractivity contribution in [1.29, 1.82) is 0 Å². The van der Waals surface area contributed by atoms with Crippen molar-refractivity contribution in [2.75, 3.05) is 4.90 Å². The molecule has 0 radical (unpaired) electrons. The lowest BCUT2D eigenvalue weighted by Gasteiger charge is -2.30. The average molecular weight is 841 g/mol. The third-order valence-electron chi connectivity index (χ3n) is 13.0. The van der Waals surface area contributed by atoms with E-state index in [9.17, 15) is 0 Å². The second-order valence-corrected chi connectivity index (χ2v) is 16.9. The van der Waals surface area contributed by atoms with E-state index in [0.29, 0.717) is 0 Å². The van der Waals surface area contributed by atoms with Crippen molar-refractivity contribution in [3.05, 3.63) is 267 Å². The van der Waals surface area contributed by atoms with Crippen molar-refractivity contribution in [1.82, 2.24) is 4.57 Å². The van der Waals surface area contributed by atoms with Crippen LogP contribution in [0.5, 0.6) is 0 Å². The number of aromatic nitrogens is 1. The van der Waals surface area contributed by atoms with Gasteiger partial charge in [-0.3, -0.25) is 0 Å². The Kier molecular flexibility index (Phi) is 9.89. The van der Waals surface area contributed by atoms with Gasteiger partial charge in [-0.15, -0.1) is 0 Å². The number of anilines is 3. The standard InChI is InChI=1S/C64H44N2/c1-3-18-48(19-4-1)56-25-9-10-28-60(56)64-57(49-20-5-2-6-21-49)29-16-32-63(64)65(54-41-37-47(38-42-54)52-34-33-45-17-7-8-22-50(45)43-52)53-39-35-46(36-40-53)51-23-15-24-55(44-51)66-61-30-13-11-26-58(61)59-27-12-14-31-62(59)66/h1-44H. The summed E-state index contributed by atoms with van der Waals surface area (Å²) in [5, 5.41) is 5.00. The number of hydrogen-bond acceptors (Lipinski definition) is 1. The summed E-state index contributed by atoms with van der Waals surface area (Å²) in [7, 11) is 0. The fraction of sp³-hybridized carbons (Fsp3) is 0. The molecule has 12 aromatic rings. The van der Waals surface area contributed by atoms with Crippen LogP contribution in [0.2, 0.25) is 0 Å². The molecule has 0 aliphatic carbocycles. The molecule has 0 aliphatic rings. The summed E-state index contributed by atoms with van der Waals surface area (Å²) in [5.41, 5.74) is 18.5. The van der Waals surface area contributed by atoms with Crippen molar-refractivity contribution < 1.29 is 0 Å². The first-order valence-corrected chi connectivity index (χ1v) is 22.7. The average Bonchev–Trinajstić information content (AvgIpc) is 3.74. The molecule has 0 spiro atoms. The molecule has 0 unspecified atom stereocenters. The van der Waals surface area contributed by atoms with Gasteiger partial charge in [0.05, 0.1) is 16.7 Å². The van der Waals surface area contributed by atoms with Crippen molar-refractivity contribution >= 4 is 49.6 Å². The number of nitrogens with zero attached hydrogens (tertiary/aromatic N) is 2. The Bertz CT molecular complexity index is 3630. The molecular formula is C64H44N2. The minimum atomic E-state index is 1.07. The Morgan fingerprint density at radius 3 is 1.39 bits per heavy atom. The molecule has 0 bridgehead atoms. The molecule has 1 aromatic heterocycles. The fourth-order valence-electron chi connectivity index (χ4n) is 9.87. The highest BCUT2D eigenvalue weighted by molar-refractivity contribution is 6.09. The highest BCUT2D eigenvalue weighted by Gasteiger charge is 2.23. The van der Waals surface area contributed by atoms with Crippen LogP contribution < -0.4 is 4.90 Å². The van der Waals surface area contributed by atoms with Gasteiger partial charge in [0.1, 0.15) is 0 Å². The van der Waals surface area contributed by atoms with Gasteiger partial charge in [0.15, 0.2) is 0 Å². The van der Waals surface area contributed by atoms with Crippen LogP contribution in [0.25, 0.3) is 93.9 Å². The maximum Gasteiger partial charge on any atom is 0.0546 e. The summed E-state index contributed by atoms with van der Waals surface area (Å²) in [4.78, 5) is 2.44. The SMILES string of the molecule is c1ccc(-c2ccccc2-c2c(-c3ccccc3)cccc2N(c2ccc(-c3cccc(-n4c5ccccc5c5ccccc54)c3)cc2)c2ccc(-c3ccc4ccccc4c3)cc2)cc1. The van der Waals surface area contributed by atoms with Crippen molar-refractivity contribution in [3.63, 3.8) is 0 Å². The zero-order valence-electron chi connectivity index (χ0n) is 36.3. The lowest BCUT2D eigenvalue weighted by Crippen LogP contribution is -2.12. The van der Waals surface area contributed by atoms with Gasteiger partial charge in [-0.2, -0.15) is 0 Å². The van der Waals surface area contributed by atoms with E-state index in [1.165, 1.54) is 77.1 Å². The summed E-state index contributed by atoms with van der Waals surface area (Å²) in [6, 6.07) is 97.0. The minimum Gasteiger partial charge on any atom is -0.310 e. The van der Waals surface area contributed by atoms with E-state index in [1.54, 1.807) is 0 Å². The quantitative estimate of drug-likeness (QED) is 0.141. The maximum absolute atomic E-state index is 2.44. The zero-order chi connectivity index (χ0) is 43.8. The topological polar surface area (TPSA) is 8.17 Å². The van der Waals surface area contributed by atoms with Gasteiger partial charge >= 0.3 is 0 Å². The highest BCUT2D eigenvalue weighted by atomic mass is 15.1. The molecule has 1 heterocycles. The highest BCUT2D eigenvalue weighted by Crippen LogP contribution is 2.48. The van der Waals surface area contributed by atoms with E-state index in [0.717, 1.165) is 33.9 Å². The molecule has 11 aromatic carbocycles. The van der Waals surface area contributed by atoms with Gasteiger partial charge in [-0.05, 0) is 122 Å². The van der Waals surface area contributed by atoms with Crippen molar-refractivity contribution in [2.45, 2.75) is 0 Å². The minimum absolute atomic E-state index is 1.07. The largest absolute Gasteiger partial charge is 0.310 e. The monoisotopic (exact) mass is 840 g/mol. The molecule has 0 N–H and O–H groups in total. The summed E-state index contributed by atoms with van der Waals surface area (Å²) in [6.45, 7) is 0. The number of rotatable bonds is 9. The van der Waals surface area contributed by atoms with Crippen molar-refractivity contribution in [3.8, 4) is 61.3 Å². The lowest BCUT2D eigenvalue weighted by atomic mass is 9.87. The third-order valence-corrected chi connectivity index (χ3v) is 13.0. The fourth-order valence-corrected chi connectivity index (χ4v) is 9.87. The number of fused-ring (bicyclic) bond motifs is 4. The number of hydrogen-bond donors (Lipinski definition) is 0. The van der Waals surface area contributed by atoms with Crippen LogP contribution in [0.1, 0.15) is 0 Å². The Morgan fingerprint density at radius 1 is 0.273 bits per heavy atom. The van der Waals surface area contributed by atoms with Crippen molar-refractivity contribution in [2.24, 2.45) is 0 Å². The van der Waals surface area contributed by atoms with E-state index in [2.05, 4.69) is 276 Å². The van der Waals surface area contributed by atoms with E-state index in [4.69, 9.17) is 0 Å². The van der Waals surface area contributed by atoms with Crippen LogP contribution in [0, 0.1) is 0 Å². The zero-order valence-corrected chi connectivity index (χ0v) is 36.3. The van der Waals surface area contributed by atoms with Gasteiger partial charge in [0, 0.05) is 33.4 Å². The molecule has 0 atom stereocenters. The Labute approximate surface area is 385 Å². The Hall–Kier alpha value is -8.72. The smallest absolute Gasteiger partial charge is 0.0546 e. The molecule has 310 valence electrons.